The van der Waals surface area contributed by atoms with E-state index in [2.05, 4.69) is 22.4 Å². The Bertz CT molecular complexity index is 404. The Labute approximate surface area is 107 Å². The molecule has 2 nitrogen and oxygen atoms in total. The highest BCUT2D eigenvalue weighted by Gasteiger charge is 2.15. The van der Waals surface area contributed by atoms with E-state index in [0.717, 1.165) is 32.8 Å². The highest BCUT2D eigenvalue weighted by atomic mass is 32.1. The Morgan fingerprint density at radius 2 is 2.18 bits per heavy atom. The van der Waals surface area contributed by atoms with Gasteiger partial charge in [0, 0.05) is 24.5 Å². The smallest absolute Gasteiger partial charge is 0.0594 e. The molecule has 1 aliphatic heterocycles. The second-order valence-corrected chi connectivity index (χ2v) is 5.75. The second-order valence-electron chi connectivity index (χ2n) is 4.75. The van der Waals surface area contributed by atoms with Gasteiger partial charge < -0.3 is 4.74 Å². The number of nitrogens with zero attached hydrogens (tertiary/aromatic N) is 1. The van der Waals surface area contributed by atoms with Crippen molar-refractivity contribution >= 4 is 16.9 Å². The van der Waals surface area contributed by atoms with E-state index in [0.29, 0.717) is 0 Å². The highest BCUT2D eigenvalue weighted by molar-refractivity contribution is 7.10. The minimum atomic E-state index is 0.896. The summed E-state index contributed by atoms with van der Waals surface area (Å²) in [5.74, 6) is 0. The van der Waals surface area contributed by atoms with E-state index in [1.807, 2.05) is 11.3 Å². The van der Waals surface area contributed by atoms with Crippen molar-refractivity contribution in [1.29, 1.82) is 0 Å². The summed E-state index contributed by atoms with van der Waals surface area (Å²) in [6.07, 6.45) is 6.30. The normalized spacial score (nSPS) is 23.9. The third-order valence-electron chi connectivity index (χ3n) is 3.64. The zero-order valence-electron chi connectivity index (χ0n) is 10.2. The van der Waals surface area contributed by atoms with Crippen LogP contribution in [0.1, 0.15) is 23.3 Å². The van der Waals surface area contributed by atoms with Gasteiger partial charge in [-0.1, -0.05) is 6.08 Å². The number of morpholine rings is 1. The quantitative estimate of drug-likeness (QED) is 0.799. The van der Waals surface area contributed by atoms with Crippen molar-refractivity contribution in [3.63, 3.8) is 0 Å². The Morgan fingerprint density at radius 1 is 1.29 bits per heavy atom. The van der Waals surface area contributed by atoms with Crippen LogP contribution in [0.15, 0.2) is 17.5 Å². The SMILES string of the molecule is C(/CN1CCOCC1)=C1/CCCc2sccc21. The summed E-state index contributed by atoms with van der Waals surface area (Å²) in [4.78, 5) is 4.07. The van der Waals surface area contributed by atoms with E-state index in [9.17, 15) is 0 Å². The Balaban J connectivity index is 1.68. The van der Waals surface area contributed by atoms with E-state index >= 15 is 0 Å². The summed E-state index contributed by atoms with van der Waals surface area (Å²) in [5.41, 5.74) is 3.09. The van der Waals surface area contributed by atoms with Crippen molar-refractivity contribution in [3.05, 3.63) is 28.0 Å². The molecular weight excluding hydrogens is 230 g/mol. The fourth-order valence-electron chi connectivity index (χ4n) is 2.63. The number of fused-ring (bicyclic) bond motifs is 1. The zero-order valence-corrected chi connectivity index (χ0v) is 11.0. The monoisotopic (exact) mass is 249 g/mol. The molecule has 0 saturated carbocycles. The molecule has 1 fully saturated rings. The summed E-state index contributed by atoms with van der Waals surface area (Å²) in [7, 11) is 0. The van der Waals surface area contributed by atoms with Crippen LogP contribution in [0.2, 0.25) is 0 Å². The predicted octanol–water partition coefficient (Wildman–Crippen LogP) is 2.80. The summed E-state index contributed by atoms with van der Waals surface area (Å²) in [5, 5.41) is 2.23. The molecule has 0 amide bonds. The molecule has 2 aliphatic rings. The van der Waals surface area contributed by atoms with Gasteiger partial charge in [0.15, 0.2) is 0 Å². The summed E-state index contributed by atoms with van der Waals surface area (Å²) < 4.78 is 5.37. The maximum absolute atomic E-state index is 5.37. The molecule has 0 aromatic carbocycles. The van der Waals surface area contributed by atoms with Crippen LogP contribution < -0.4 is 0 Å². The van der Waals surface area contributed by atoms with Crippen LogP contribution in [0.4, 0.5) is 0 Å². The van der Waals surface area contributed by atoms with E-state index in [4.69, 9.17) is 4.74 Å². The van der Waals surface area contributed by atoms with Gasteiger partial charge in [0.25, 0.3) is 0 Å². The second kappa shape index (κ2) is 5.34. The number of aryl methyl sites for hydroxylation is 1. The third-order valence-corrected chi connectivity index (χ3v) is 4.62. The number of ether oxygens (including phenoxy) is 1. The van der Waals surface area contributed by atoms with Crippen LogP contribution in [0.3, 0.4) is 0 Å². The van der Waals surface area contributed by atoms with Crippen LogP contribution >= 0.6 is 11.3 Å². The molecule has 92 valence electrons. The first kappa shape index (κ1) is 11.5. The summed E-state index contributed by atoms with van der Waals surface area (Å²) in [6.45, 7) is 5.05. The molecule has 0 atom stereocenters. The molecule has 2 heterocycles. The lowest BCUT2D eigenvalue weighted by molar-refractivity contribution is 0.0434. The van der Waals surface area contributed by atoms with Crippen LogP contribution in [-0.4, -0.2) is 37.7 Å². The fourth-order valence-corrected chi connectivity index (χ4v) is 3.59. The van der Waals surface area contributed by atoms with Gasteiger partial charge in [0.1, 0.15) is 0 Å². The first-order valence-corrected chi connectivity index (χ1v) is 7.37. The minimum Gasteiger partial charge on any atom is -0.379 e. The van der Waals surface area contributed by atoms with Gasteiger partial charge in [-0.05, 0) is 41.8 Å². The van der Waals surface area contributed by atoms with Crippen molar-refractivity contribution in [2.45, 2.75) is 19.3 Å². The number of rotatable bonds is 2. The van der Waals surface area contributed by atoms with E-state index in [1.54, 1.807) is 10.5 Å². The van der Waals surface area contributed by atoms with Crippen molar-refractivity contribution < 1.29 is 4.74 Å². The molecule has 17 heavy (non-hydrogen) atoms. The van der Waals surface area contributed by atoms with Gasteiger partial charge >= 0.3 is 0 Å². The van der Waals surface area contributed by atoms with Crippen molar-refractivity contribution in [1.82, 2.24) is 4.90 Å². The maximum Gasteiger partial charge on any atom is 0.0594 e. The Morgan fingerprint density at radius 3 is 3.06 bits per heavy atom. The average Bonchev–Trinajstić information content (AvgIpc) is 2.86. The number of thiophene rings is 1. The lowest BCUT2D eigenvalue weighted by Crippen LogP contribution is -2.36. The topological polar surface area (TPSA) is 12.5 Å². The lowest BCUT2D eigenvalue weighted by atomic mass is 9.93. The lowest BCUT2D eigenvalue weighted by Gasteiger charge is -2.26. The van der Waals surface area contributed by atoms with Crippen molar-refractivity contribution in [2.24, 2.45) is 0 Å². The maximum atomic E-state index is 5.37. The van der Waals surface area contributed by atoms with Gasteiger partial charge in [-0.15, -0.1) is 11.3 Å². The number of hydrogen-bond acceptors (Lipinski definition) is 3. The van der Waals surface area contributed by atoms with E-state index in [-0.39, 0.29) is 0 Å². The molecule has 0 bridgehead atoms. The van der Waals surface area contributed by atoms with Gasteiger partial charge in [-0.2, -0.15) is 0 Å². The molecule has 3 heteroatoms. The summed E-state index contributed by atoms with van der Waals surface area (Å²) >= 11 is 1.92. The Hall–Kier alpha value is -0.640. The molecule has 1 aliphatic carbocycles. The van der Waals surface area contributed by atoms with Crippen LogP contribution in [0.5, 0.6) is 0 Å². The van der Waals surface area contributed by atoms with Gasteiger partial charge in [-0.25, -0.2) is 0 Å². The average molecular weight is 249 g/mol. The summed E-state index contributed by atoms with van der Waals surface area (Å²) in [6, 6.07) is 2.30. The molecule has 0 radical (unpaired) electrons. The first-order valence-electron chi connectivity index (χ1n) is 6.49. The van der Waals surface area contributed by atoms with Gasteiger partial charge in [0.05, 0.1) is 13.2 Å². The van der Waals surface area contributed by atoms with E-state index < -0.39 is 0 Å². The highest BCUT2D eigenvalue weighted by Crippen LogP contribution is 2.33. The third kappa shape index (κ3) is 2.62. The number of allylic oxidation sites excluding steroid dienone is 1. The molecule has 0 unspecified atom stereocenters. The van der Waals surface area contributed by atoms with Crippen molar-refractivity contribution in [3.8, 4) is 0 Å². The molecule has 0 N–H and O–H groups in total. The molecule has 0 spiro atoms. The first-order chi connectivity index (χ1) is 8.43. The van der Waals surface area contributed by atoms with Gasteiger partial charge in [-0.3, -0.25) is 4.90 Å². The van der Waals surface area contributed by atoms with Crippen LogP contribution in [0.25, 0.3) is 5.57 Å². The fraction of sp³-hybridized carbons (Fsp3) is 0.571. The predicted molar refractivity (Wildman–Crippen MR) is 72.5 cm³/mol. The Kier molecular flexibility index (Phi) is 3.60. The molecule has 1 aromatic rings. The molecule has 3 rings (SSSR count). The van der Waals surface area contributed by atoms with Crippen LogP contribution in [0, 0.1) is 0 Å². The van der Waals surface area contributed by atoms with Crippen LogP contribution in [-0.2, 0) is 11.2 Å². The standard InChI is InChI=1S/C14H19NOS/c1-2-12(13-5-11-17-14(13)3-1)4-6-15-7-9-16-10-8-15/h4-5,11H,1-3,6-10H2/b12-4+. The molecule has 1 aromatic heterocycles. The minimum absolute atomic E-state index is 0.896. The van der Waals surface area contributed by atoms with Gasteiger partial charge in [0.2, 0.25) is 0 Å². The number of hydrogen-bond donors (Lipinski definition) is 0. The zero-order chi connectivity index (χ0) is 11.5. The molecular formula is C14H19NOS. The van der Waals surface area contributed by atoms with E-state index in [1.165, 1.54) is 24.8 Å². The largest absolute Gasteiger partial charge is 0.379 e. The van der Waals surface area contributed by atoms with Crippen molar-refractivity contribution in [2.75, 3.05) is 32.8 Å². The molecule has 1 saturated heterocycles.